The highest BCUT2D eigenvalue weighted by atomic mass is 35.5. The van der Waals surface area contributed by atoms with Crippen molar-refractivity contribution in [3.63, 3.8) is 0 Å². The van der Waals surface area contributed by atoms with Gasteiger partial charge in [0, 0.05) is 39.1 Å². The predicted molar refractivity (Wildman–Crippen MR) is 151 cm³/mol. The monoisotopic (exact) mass is 565 g/mol. The minimum atomic E-state index is -0.850. The van der Waals surface area contributed by atoms with E-state index in [2.05, 4.69) is 15.1 Å². The fraction of sp³-hybridized carbons (Fsp3) is 0.500. The molecule has 1 fully saturated rings. The first-order valence-electron chi connectivity index (χ1n) is 12.8. The van der Waals surface area contributed by atoms with Gasteiger partial charge < -0.3 is 24.4 Å². The molecule has 1 atom stereocenters. The van der Waals surface area contributed by atoms with Crippen LogP contribution >= 0.6 is 23.2 Å². The van der Waals surface area contributed by atoms with Gasteiger partial charge >= 0.3 is 12.1 Å². The van der Waals surface area contributed by atoms with Crippen molar-refractivity contribution in [2.24, 2.45) is 0 Å². The topological polar surface area (TPSA) is 80.3 Å². The second kappa shape index (κ2) is 13.9. The summed E-state index contributed by atoms with van der Waals surface area (Å²) in [6, 6.07) is 12.4. The van der Waals surface area contributed by atoms with Crippen LogP contribution in [0.2, 0.25) is 10.0 Å². The molecule has 1 heterocycles. The summed E-state index contributed by atoms with van der Waals surface area (Å²) in [7, 11) is 0. The molecule has 0 aromatic heterocycles. The number of nitrogens with zero attached hydrogens (tertiary/aromatic N) is 2. The highest BCUT2D eigenvalue weighted by Gasteiger charge is 2.26. The normalized spacial score (nSPS) is 15.1. The average Bonchev–Trinajstić information content (AvgIpc) is 2.86. The summed E-state index contributed by atoms with van der Waals surface area (Å²) < 4.78 is 16.4. The molecule has 0 unspecified atom stereocenters. The highest BCUT2D eigenvalue weighted by Crippen LogP contribution is 2.32. The number of piperazine rings is 1. The molecule has 1 amide bonds. The van der Waals surface area contributed by atoms with E-state index in [1.165, 1.54) is 0 Å². The third kappa shape index (κ3) is 9.26. The summed E-state index contributed by atoms with van der Waals surface area (Å²) in [6.07, 6.45) is -0.383. The van der Waals surface area contributed by atoms with Crippen molar-refractivity contribution in [3.05, 3.63) is 58.1 Å². The third-order valence-corrected chi connectivity index (χ3v) is 6.75. The smallest absolute Gasteiger partial charge is 0.408 e. The number of rotatable bonds is 10. The summed E-state index contributed by atoms with van der Waals surface area (Å²) in [4.78, 5) is 29.2. The van der Waals surface area contributed by atoms with E-state index >= 15 is 0 Å². The van der Waals surface area contributed by atoms with Crippen molar-refractivity contribution >= 4 is 41.0 Å². The highest BCUT2D eigenvalue weighted by molar-refractivity contribution is 6.43. The number of carbonyl (C=O) groups excluding carboxylic acids is 2. The Morgan fingerprint density at radius 1 is 1.03 bits per heavy atom. The first kappa shape index (κ1) is 29.9. The Bertz CT molecular complexity index is 1070. The Morgan fingerprint density at radius 2 is 1.71 bits per heavy atom. The van der Waals surface area contributed by atoms with Crippen LogP contribution in [0.1, 0.15) is 33.3 Å². The van der Waals surface area contributed by atoms with Gasteiger partial charge in [-0.25, -0.2) is 9.59 Å². The van der Waals surface area contributed by atoms with E-state index in [4.69, 9.17) is 37.4 Å². The maximum absolute atomic E-state index is 12.4. The van der Waals surface area contributed by atoms with Gasteiger partial charge in [0.2, 0.25) is 0 Å². The second-order valence-electron chi connectivity index (χ2n) is 10.0. The zero-order chi connectivity index (χ0) is 27.7. The van der Waals surface area contributed by atoms with Gasteiger partial charge in [-0.2, -0.15) is 0 Å². The van der Waals surface area contributed by atoms with Crippen LogP contribution in [0.25, 0.3) is 0 Å². The molecule has 2 aromatic rings. The molecule has 1 aliphatic heterocycles. The van der Waals surface area contributed by atoms with Gasteiger partial charge in [-0.15, -0.1) is 0 Å². The van der Waals surface area contributed by atoms with Crippen LogP contribution in [0, 0.1) is 0 Å². The summed E-state index contributed by atoms with van der Waals surface area (Å²) in [5.41, 5.74) is 1.17. The third-order valence-electron chi connectivity index (χ3n) is 5.95. The number of hydrogen-bond acceptors (Lipinski definition) is 7. The maximum Gasteiger partial charge on any atom is 0.408 e. The Kier molecular flexibility index (Phi) is 10.9. The number of alkyl carbamates (subject to hydrolysis) is 1. The van der Waals surface area contributed by atoms with Gasteiger partial charge in [0.15, 0.2) is 0 Å². The van der Waals surface area contributed by atoms with Crippen molar-refractivity contribution in [2.75, 3.05) is 50.8 Å². The Morgan fingerprint density at radius 3 is 2.34 bits per heavy atom. The molecular formula is C28H37Cl2N3O5. The SMILES string of the molecule is CCOC(=O)[C@H](Cc1ccc(OCCN2CCN(c3cccc(Cl)c3Cl)CC2)cc1)NC(=O)OC(C)(C)C. The number of halogens is 2. The minimum absolute atomic E-state index is 0.224. The van der Waals surface area contributed by atoms with E-state index < -0.39 is 23.7 Å². The van der Waals surface area contributed by atoms with Crippen molar-refractivity contribution < 1.29 is 23.8 Å². The van der Waals surface area contributed by atoms with Crippen molar-refractivity contribution in [3.8, 4) is 5.75 Å². The molecule has 0 saturated carbocycles. The summed E-state index contributed by atoms with van der Waals surface area (Å²) in [5.74, 6) is 0.238. The van der Waals surface area contributed by atoms with Gasteiger partial charge in [-0.3, -0.25) is 4.90 Å². The molecule has 2 aromatic carbocycles. The van der Waals surface area contributed by atoms with E-state index in [-0.39, 0.29) is 13.0 Å². The Balaban J connectivity index is 1.45. The van der Waals surface area contributed by atoms with Gasteiger partial charge in [0.1, 0.15) is 24.0 Å². The molecule has 0 spiro atoms. The van der Waals surface area contributed by atoms with Crippen LogP contribution in [0.3, 0.4) is 0 Å². The van der Waals surface area contributed by atoms with Crippen LogP contribution in [-0.2, 0) is 20.7 Å². The number of hydrogen-bond donors (Lipinski definition) is 1. The molecule has 8 nitrogen and oxygen atoms in total. The average molecular weight is 567 g/mol. The predicted octanol–water partition coefficient (Wildman–Crippen LogP) is 5.19. The first-order valence-corrected chi connectivity index (χ1v) is 13.6. The number of esters is 1. The maximum atomic E-state index is 12.4. The molecule has 10 heteroatoms. The number of ether oxygens (including phenoxy) is 3. The Hall–Kier alpha value is -2.68. The summed E-state index contributed by atoms with van der Waals surface area (Å²) >= 11 is 12.5. The number of carbonyl (C=O) groups is 2. The van der Waals surface area contributed by atoms with Crippen LogP contribution in [0.5, 0.6) is 5.75 Å². The molecule has 0 radical (unpaired) electrons. The molecule has 1 N–H and O–H groups in total. The first-order chi connectivity index (χ1) is 18.1. The molecule has 0 aliphatic carbocycles. The number of anilines is 1. The Labute approximate surface area is 235 Å². The largest absolute Gasteiger partial charge is 0.492 e. The van der Waals surface area contributed by atoms with Crippen LogP contribution < -0.4 is 15.0 Å². The van der Waals surface area contributed by atoms with Crippen molar-refractivity contribution in [2.45, 2.75) is 45.8 Å². The zero-order valence-corrected chi connectivity index (χ0v) is 24.0. The van der Waals surface area contributed by atoms with Gasteiger partial charge in [-0.1, -0.05) is 41.4 Å². The van der Waals surface area contributed by atoms with Crippen molar-refractivity contribution in [1.82, 2.24) is 10.2 Å². The quantitative estimate of drug-likeness (QED) is 0.397. The number of nitrogens with one attached hydrogen (secondary N) is 1. The molecule has 1 aliphatic rings. The number of amides is 1. The van der Waals surface area contributed by atoms with Gasteiger partial charge in [0.25, 0.3) is 0 Å². The van der Waals surface area contributed by atoms with E-state index in [0.717, 1.165) is 49.7 Å². The van der Waals surface area contributed by atoms with Crippen LogP contribution in [-0.4, -0.2) is 74.5 Å². The lowest BCUT2D eigenvalue weighted by atomic mass is 10.1. The van der Waals surface area contributed by atoms with E-state index in [0.29, 0.717) is 16.7 Å². The molecular weight excluding hydrogens is 529 g/mol. The van der Waals surface area contributed by atoms with Crippen LogP contribution in [0.15, 0.2) is 42.5 Å². The van der Waals surface area contributed by atoms with Crippen molar-refractivity contribution in [1.29, 1.82) is 0 Å². The van der Waals surface area contributed by atoms with Gasteiger partial charge in [-0.05, 0) is 57.5 Å². The second-order valence-corrected chi connectivity index (χ2v) is 10.8. The minimum Gasteiger partial charge on any atom is -0.492 e. The lowest BCUT2D eigenvalue weighted by Crippen LogP contribution is -2.47. The zero-order valence-electron chi connectivity index (χ0n) is 22.5. The van der Waals surface area contributed by atoms with Crippen LogP contribution in [0.4, 0.5) is 10.5 Å². The molecule has 1 saturated heterocycles. The van der Waals surface area contributed by atoms with Gasteiger partial charge in [0.05, 0.1) is 22.3 Å². The number of benzene rings is 2. The van der Waals surface area contributed by atoms with E-state index in [9.17, 15) is 9.59 Å². The molecule has 3 rings (SSSR count). The fourth-order valence-electron chi connectivity index (χ4n) is 4.09. The summed E-state index contributed by atoms with van der Waals surface area (Å²) in [6.45, 7) is 12.2. The molecule has 38 heavy (non-hydrogen) atoms. The standard InChI is InChI=1S/C28H37Cl2N3O5/c1-5-36-26(34)23(31-27(35)38-28(2,3)4)19-20-9-11-21(12-10-20)37-18-17-32-13-15-33(16-14-32)24-8-6-7-22(29)25(24)30/h6-12,23H,5,13-19H2,1-4H3,(H,31,35)/t23-/m0/s1. The van der Waals surface area contributed by atoms with E-state index in [1.54, 1.807) is 33.8 Å². The molecule has 0 bridgehead atoms. The van der Waals surface area contributed by atoms with E-state index in [1.807, 2.05) is 36.4 Å². The molecule has 208 valence electrons. The summed E-state index contributed by atoms with van der Waals surface area (Å²) in [5, 5.41) is 3.79. The fourth-order valence-corrected chi connectivity index (χ4v) is 4.50. The lowest BCUT2D eigenvalue weighted by Gasteiger charge is -2.36. The lowest BCUT2D eigenvalue weighted by molar-refractivity contribution is -0.145.